The predicted molar refractivity (Wildman–Crippen MR) is 155 cm³/mol. The average molecular weight is 571 g/mol. The van der Waals surface area contributed by atoms with E-state index in [-0.39, 0.29) is 24.3 Å². The van der Waals surface area contributed by atoms with Crippen molar-refractivity contribution >= 4 is 24.1 Å². The summed E-state index contributed by atoms with van der Waals surface area (Å²) in [4.78, 5) is 56.9. The maximum Gasteiger partial charge on any atom is 0.354 e. The summed E-state index contributed by atoms with van der Waals surface area (Å²) in [5, 5.41) is 0. The Balaban J connectivity index is 0.00000147. The van der Waals surface area contributed by atoms with Crippen molar-refractivity contribution < 1.29 is 19.1 Å². The van der Waals surface area contributed by atoms with Gasteiger partial charge in [-0.2, -0.15) is 4.98 Å². The minimum Gasteiger partial charge on any atom is -0.465 e. The fourth-order valence-corrected chi connectivity index (χ4v) is 5.02. The van der Waals surface area contributed by atoms with Gasteiger partial charge in [-0.1, -0.05) is 12.1 Å². The summed E-state index contributed by atoms with van der Waals surface area (Å²) in [7, 11) is 0. The zero-order chi connectivity index (χ0) is 30.2. The number of esters is 1. The molecule has 2 amide bonds. The van der Waals surface area contributed by atoms with Crippen LogP contribution in [0, 0.1) is 0 Å². The average Bonchev–Trinajstić information content (AvgIpc) is 2.94. The minimum atomic E-state index is -0.909. The Morgan fingerprint density at radius 2 is 1.66 bits per heavy atom. The number of anilines is 1. The summed E-state index contributed by atoms with van der Waals surface area (Å²) in [5.41, 5.74) is 16.3. The van der Waals surface area contributed by atoms with Gasteiger partial charge in [0.15, 0.2) is 0 Å². The molecule has 2 fully saturated rings. The third kappa shape index (κ3) is 8.12. The lowest BCUT2D eigenvalue weighted by molar-refractivity contribution is -0.150. The van der Waals surface area contributed by atoms with Crippen molar-refractivity contribution in [2.24, 2.45) is 17.2 Å². The van der Waals surface area contributed by atoms with Gasteiger partial charge in [-0.25, -0.2) is 9.59 Å². The second-order valence-electron chi connectivity index (χ2n) is 10.7. The van der Waals surface area contributed by atoms with E-state index in [9.17, 15) is 14.4 Å². The Labute approximate surface area is 240 Å². The van der Waals surface area contributed by atoms with Crippen molar-refractivity contribution in [1.82, 2.24) is 19.4 Å². The van der Waals surface area contributed by atoms with Crippen LogP contribution in [0.5, 0.6) is 0 Å². The Morgan fingerprint density at radius 1 is 1.07 bits per heavy atom. The molecule has 1 aromatic heterocycles. The molecule has 1 atom stereocenters. The van der Waals surface area contributed by atoms with E-state index in [1.807, 2.05) is 29.2 Å². The van der Waals surface area contributed by atoms with Crippen molar-refractivity contribution in [3.05, 3.63) is 52.6 Å². The summed E-state index contributed by atoms with van der Waals surface area (Å²) >= 11 is 0. The van der Waals surface area contributed by atoms with E-state index in [0.29, 0.717) is 44.3 Å². The number of carbonyl (C=O) groups excluding carboxylic acids is 3. The SMILES string of the molecule is CCOC(=O)C(c1ccc(-n2ccc(N3CCN(C(=O)C(C)(C)N)CC3)nc2=O)cc1)N1CCC(N)CC1.NC=O. The molecule has 0 radical (unpaired) electrons. The van der Waals surface area contributed by atoms with E-state index in [2.05, 4.69) is 15.6 Å². The Morgan fingerprint density at radius 3 is 2.17 bits per heavy atom. The van der Waals surface area contributed by atoms with Crippen LogP contribution in [0.3, 0.4) is 0 Å². The lowest BCUT2D eigenvalue weighted by Crippen LogP contribution is -2.57. The summed E-state index contributed by atoms with van der Waals surface area (Å²) in [6.45, 7) is 9.16. The van der Waals surface area contributed by atoms with Crippen molar-refractivity contribution in [2.75, 3.05) is 50.8 Å². The van der Waals surface area contributed by atoms with E-state index in [4.69, 9.17) is 21.0 Å². The number of aromatic nitrogens is 2. The number of carbonyl (C=O) groups is 3. The minimum absolute atomic E-state index is 0.0852. The Bertz CT molecular complexity index is 1230. The van der Waals surface area contributed by atoms with Gasteiger partial charge in [-0.05, 0) is 57.4 Å². The molecular weight excluding hydrogens is 528 g/mol. The molecule has 0 aliphatic carbocycles. The molecule has 2 saturated heterocycles. The molecule has 13 nitrogen and oxygen atoms in total. The number of nitrogens with two attached hydrogens (primary N) is 3. The number of nitrogens with zero attached hydrogens (tertiary/aromatic N) is 5. The third-order valence-electron chi connectivity index (χ3n) is 7.17. The molecule has 0 spiro atoms. The van der Waals surface area contributed by atoms with Gasteiger partial charge in [0, 0.05) is 51.5 Å². The van der Waals surface area contributed by atoms with Crippen molar-refractivity contribution in [3.63, 3.8) is 0 Å². The van der Waals surface area contributed by atoms with Crippen LogP contribution < -0.4 is 27.8 Å². The van der Waals surface area contributed by atoms with Crippen LogP contribution in [0.1, 0.15) is 45.2 Å². The van der Waals surface area contributed by atoms with Crippen LogP contribution in [0.15, 0.2) is 41.3 Å². The molecule has 224 valence electrons. The summed E-state index contributed by atoms with van der Waals surface area (Å²) in [6.07, 6.45) is 3.62. The molecule has 1 unspecified atom stereocenters. The van der Waals surface area contributed by atoms with Crippen LogP contribution in [-0.2, 0) is 19.1 Å². The summed E-state index contributed by atoms with van der Waals surface area (Å²) < 4.78 is 6.85. The third-order valence-corrected chi connectivity index (χ3v) is 7.17. The molecule has 4 rings (SSSR count). The largest absolute Gasteiger partial charge is 0.465 e. The first-order valence-corrected chi connectivity index (χ1v) is 13.8. The highest BCUT2D eigenvalue weighted by molar-refractivity contribution is 5.85. The van der Waals surface area contributed by atoms with Gasteiger partial charge in [0.05, 0.1) is 17.8 Å². The van der Waals surface area contributed by atoms with E-state index in [1.165, 1.54) is 4.57 Å². The van der Waals surface area contributed by atoms with E-state index >= 15 is 0 Å². The fraction of sp³-hybridized carbons (Fsp3) is 0.536. The number of amides is 2. The quantitative estimate of drug-likeness (QED) is 0.296. The van der Waals surface area contributed by atoms with Gasteiger partial charge >= 0.3 is 11.7 Å². The lowest BCUT2D eigenvalue weighted by Gasteiger charge is -2.38. The number of piperidine rings is 1. The Hall–Kier alpha value is -3.81. The fourth-order valence-electron chi connectivity index (χ4n) is 5.02. The molecule has 0 saturated carbocycles. The predicted octanol–water partition coefficient (Wildman–Crippen LogP) is -0.253. The van der Waals surface area contributed by atoms with Gasteiger partial charge in [0.25, 0.3) is 0 Å². The number of ether oxygens (including phenoxy) is 1. The molecule has 13 heteroatoms. The molecule has 0 bridgehead atoms. The van der Waals surface area contributed by atoms with Gasteiger partial charge in [0.2, 0.25) is 12.3 Å². The topological polar surface area (TPSA) is 183 Å². The van der Waals surface area contributed by atoms with Crippen molar-refractivity contribution in [3.8, 4) is 5.69 Å². The number of primary amides is 1. The van der Waals surface area contributed by atoms with E-state index in [0.717, 1.165) is 31.5 Å². The number of hydrogen-bond acceptors (Lipinski definition) is 10. The van der Waals surface area contributed by atoms with Crippen LogP contribution >= 0.6 is 0 Å². The molecule has 2 aliphatic heterocycles. The number of benzene rings is 1. The summed E-state index contributed by atoms with van der Waals surface area (Å²) in [6, 6.07) is 8.81. The maximum absolute atomic E-state index is 12.9. The standard InChI is InChI=1S/C27H39N7O4.CH3NO/c1-4-38-24(35)23(32-12-9-20(28)10-13-32)19-5-7-21(8-6-19)34-14-11-22(30-26(34)37)31-15-17-33(18-16-31)25(36)27(2,3)29;2-1-3/h5-8,11,14,20,23H,4,9-10,12-13,15-18,28-29H2,1-3H3;1H,(H2,2,3). The van der Waals surface area contributed by atoms with E-state index in [1.54, 1.807) is 37.9 Å². The van der Waals surface area contributed by atoms with E-state index < -0.39 is 17.3 Å². The number of likely N-dealkylation sites (tertiary alicyclic amines) is 1. The highest BCUT2D eigenvalue weighted by Gasteiger charge is 2.32. The monoisotopic (exact) mass is 570 g/mol. The first kappa shape index (κ1) is 31.7. The Kier molecular flexibility index (Phi) is 11.0. The van der Waals surface area contributed by atoms with Crippen LogP contribution in [-0.4, -0.2) is 95.1 Å². The lowest BCUT2D eigenvalue weighted by atomic mass is 9.99. The number of rotatable bonds is 7. The zero-order valence-corrected chi connectivity index (χ0v) is 24.1. The first-order valence-electron chi connectivity index (χ1n) is 13.8. The maximum atomic E-state index is 12.9. The molecule has 41 heavy (non-hydrogen) atoms. The number of hydrogen-bond donors (Lipinski definition) is 3. The smallest absolute Gasteiger partial charge is 0.354 e. The summed E-state index contributed by atoms with van der Waals surface area (Å²) in [5.74, 6) is 0.210. The molecule has 2 aromatic rings. The highest BCUT2D eigenvalue weighted by atomic mass is 16.5. The second-order valence-corrected chi connectivity index (χ2v) is 10.7. The first-order chi connectivity index (χ1) is 19.5. The molecule has 6 N–H and O–H groups in total. The van der Waals surface area contributed by atoms with Gasteiger partial charge in [-0.15, -0.1) is 0 Å². The van der Waals surface area contributed by atoms with Crippen LogP contribution in [0.4, 0.5) is 5.82 Å². The zero-order valence-electron chi connectivity index (χ0n) is 24.1. The van der Waals surface area contributed by atoms with Gasteiger partial charge < -0.3 is 31.7 Å². The normalized spacial score (nSPS) is 17.3. The van der Waals surface area contributed by atoms with Crippen molar-refractivity contribution in [2.45, 2.75) is 51.2 Å². The molecule has 3 heterocycles. The number of piperazine rings is 1. The van der Waals surface area contributed by atoms with Crippen LogP contribution in [0.25, 0.3) is 5.69 Å². The van der Waals surface area contributed by atoms with Gasteiger partial charge in [0.1, 0.15) is 11.9 Å². The highest BCUT2D eigenvalue weighted by Crippen LogP contribution is 2.27. The van der Waals surface area contributed by atoms with Crippen molar-refractivity contribution in [1.29, 1.82) is 0 Å². The molecule has 2 aliphatic rings. The van der Waals surface area contributed by atoms with Gasteiger partial charge in [-0.3, -0.25) is 19.1 Å². The van der Waals surface area contributed by atoms with Crippen LogP contribution in [0.2, 0.25) is 0 Å². The molecular formula is C28H42N8O5. The molecule has 1 aromatic carbocycles. The second kappa shape index (κ2) is 14.2.